The van der Waals surface area contributed by atoms with Crippen molar-refractivity contribution in [2.45, 2.75) is 27.4 Å². The Morgan fingerprint density at radius 1 is 1.14 bits per heavy atom. The summed E-state index contributed by atoms with van der Waals surface area (Å²) in [6.07, 6.45) is 0. The van der Waals surface area contributed by atoms with Crippen LogP contribution in [0.3, 0.4) is 0 Å². The number of aromatic nitrogens is 3. The number of rotatable bonds is 4. The van der Waals surface area contributed by atoms with Crippen LogP contribution in [0.2, 0.25) is 0 Å². The lowest BCUT2D eigenvalue weighted by atomic mass is 10.2. The van der Waals surface area contributed by atoms with Crippen LogP contribution in [0.1, 0.15) is 33.1 Å². The molecule has 0 aliphatic rings. The maximum absolute atomic E-state index is 13.2. The number of hydrogen-bond donors (Lipinski definition) is 0. The van der Waals surface area contributed by atoms with E-state index in [0.717, 1.165) is 17.1 Å². The summed E-state index contributed by atoms with van der Waals surface area (Å²) in [6.45, 7) is 5.41. The van der Waals surface area contributed by atoms with Gasteiger partial charge >= 0.3 is 5.97 Å². The Hall–Kier alpha value is -3.26. The van der Waals surface area contributed by atoms with Crippen LogP contribution >= 0.6 is 11.3 Å². The molecule has 0 bridgehead atoms. The van der Waals surface area contributed by atoms with Gasteiger partial charge < -0.3 is 9.30 Å². The maximum Gasteiger partial charge on any atom is 0.340 e. The fraction of sp³-hybridized carbons (Fsp3) is 0.190. The van der Waals surface area contributed by atoms with E-state index in [1.807, 2.05) is 23.8 Å². The lowest BCUT2D eigenvalue weighted by Gasteiger charge is -2.10. The van der Waals surface area contributed by atoms with Gasteiger partial charge in [-0.25, -0.2) is 14.2 Å². The van der Waals surface area contributed by atoms with Crippen LogP contribution in [-0.2, 0) is 11.3 Å². The number of esters is 1. The minimum Gasteiger partial charge on any atom is -0.456 e. The van der Waals surface area contributed by atoms with Gasteiger partial charge in [0.05, 0.1) is 11.3 Å². The molecule has 8 heteroatoms. The van der Waals surface area contributed by atoms with E-state index < -0.39 is 5.97 Å². The van der Waals surface area contributed by atoms with Crippen LogP contribution in [0.5, 0.6) is 0 Å². The second-order valence-corrected chi connectivity index (χ2v) is 7.59. The number of nitrogens with zero attached hydrogens (tertiary/aromatic N) is 3. The van der Waals surface area contributed by atoms with Crippen LogP contribution in [0, 0.1) is 26.6 Å². The predicted molar refractivity (Wildman–Crippen MR) is 108 cm³/mol. The number of benzene rings is 1. The smallest absolute Gasteiger partial charge is 0.340 e. The van der Waals surface area contributed by atoms with Crippen molar-refractivity contribution in [2.24, 2.45) is 0 Å². The molecule has 0 atom stereocenters. The minimum atomic E-state index is -0.504. The summed E-state index contributed by atoms with van der Waals surface area (Å²) in [5.74, 6) is -0.826. The lowest BCUT2D eigenvalue weighted by molar-refractivity contribution is 0.0467. The molecule has 0 unspecified atom stereocenters. The van der Waals surface area contributed by atoms with Gasteiger partial charge in [-0.3, -0.25) is 9.20 Å². The number of thiazole rings is 1. The summed E-state index contributed by atoms with van der Waals surface area (Å²) in [7, 11) is 0. The fourth-order valence-electron chi connectivity index (χ4n) is 3.35. The first kappa shape index (κ1) is 19.1. The molecule has 148 valence electrons. The number of ether oxygens (including phenoxy) is 1. The monoisotopic (exact) mass is 411 g/mol. The van der Waals surface area contributed by atoms with Crippen LogP contribution < -0.4 is 5.56 Å². The molecule has 0 amide bonds. The zero-order chi connectivity index (χ0) is 20.7. The number of carbonyl (C=O) groups is 1. The number of hydrogen-bond acceptors (Lipinski definition) is 5. The van der Waals surface area contributed by atoms with E-state index in [1.165, 1.54) is 33.9 Å². The second kappa shape index (κ2) is 7.29. The Morgan fingerprint density at radius 3 is 2.59 bits per heavy atom. The SMILES string of the molecule is Cc1cc(C(=O)OCc2cc(=O)n3c(C)csc3n2)c(C)n1-c1ccc(F)cc1. The van der Waals surface area contributed by atoms with Crippen molar-refractivity contribution in [3.63, 3.8) is 0 Å². The van der Waals surface area contributed by atoms with Gasteiger partial charge in [-0.1, -0.05) is 0 Å². The molecule has 0 saturated heterocycles. The molecule has 3 heterocycles. The van der Waals surface area contributed by atoms with E-state index in [9.17, 15) is 14.0 Å². The Labute approximate surface area is 169 Å². The van der Waals surface area contributed by atoms with Crippen LogP contribution in [0.25, 0.3) is 10.6 Å². The quantitative estimate of drug-likeness (QED) is 0.477. The highest BCUT2D eigenvalue weighted by Gasteiger charge is 2.18. The molecule has 0 N–H and O–H groups in total. The fourth-order valence-corrected chi connectivity index (χ4v) is 4.24. The Bertz CT molecular complexity index is 1290. The molecule has 6 nitrogen and oxygen atoms in total. The standard InChI is InChI=1S/C21H18FN3O3S/c1-12-8-18(14(3)24(12)17-6-4-15(22)5-7-17)20(27)28-10-16-9-19(26)25-13(2)11-29-21(25)23-16/h4-9,11H,10H2,1-3H3. The van der Waals surface area contributed by atoms with Gasteiger partial charge in [0.1, 0.15) is 12.4 Å². The third-order valence-corrected chi connectivity index (χ3v) is 5.66. The van der Waals surface area contributed by atoms with Crippen molar-refractivity contribution >= 4 is 22.3 Å². The summed E-state index contributed by atoms with van der Waals surface area (Å²) in [6, 6.07) is 9.16. The average Bonchev–Trinajstić information content (AvgIpc) is 3.20. The van der Waals surface area contributed by atoms with Crippen LogP contribution in [0.4, 0.5) is 4.39 Å². The zero-order valence-electron chi connectivity index (χ0n) is 16.1. The lowest BCUT2D eigenvalue weighted by Crippen LogP contribution is -2.16. The van der Waals surface area contributed by atoms with Crippen molar-refractivity contribution in [3.8, 4) is 5.69 Å². The van der Waals surface area contributed by atoms with Crippen molar-refractivity contribution in [1.29, 1.82) is 0 Å². The first-order chi connectivity index (χ1) is 13.8. The highest BCUT2D eigenvalue weighted by atomic mass is 32.1. The molecule has 0 aliphatic carbocycles. The summed E-state index contributed by atoms with van der Waals surface area (Å²) >= 11 is 1.36. The van der Waals surface area contributed by atoms with Gasteiger partial charge in [0.15, 0.2) is 4.96 Å². The van der Waals surface area contributed by atoms with Crippen LogP contribution in [-0.4, -0.2) is 19.9 Å². The van der Waals surface area contributed by atoms with Crippen molar-refractivity contribution < 1.29 is 13.9 Å². The van der Waals surface area contributed by atoms with E-state index >= 15 is 0 Å². The van der Waals surface area contributed by atoms with E-state index in [1.54, 1.807) is 25.1 Å². The number of fused-ring (bicyclic) bond motifs is 1. The van der Waals surface area contributed by atoms with Crippen molar-refractivity contribution in [3.05, 3.63) is 86.3 Å². The summed E-state index contributed by atoms with van der Waals surface area (Å²) < 4.78 is 22.0. The highest BCUT2D eigenvalue weighted by Crippen LogP contribution is 2.22. The average molecular weight is 411 g/mol. The highest BCUT2D eigenvalue weighted by molar-refractivity contribution is 7.15. The maximum atomic E-state index is 13.2. The second-order valence-electron chi connectivity index (χ2n) is 6.75. The molecule has 3 aromatic heterocycles. The number of carbonyl (C=O) groups excluding carboxylic acids is 1. The Kier molecular flexibility index (Phi) is 4.79. The van der Waals surface area contributed by atoms with Gasteiger partial charge in [0.25, 0.3) is 5.56 Å². The summed E-state index contributed by atoms with van der Waals surface area (Å²) in [5, 5.41) is 1.85. The Balaban J connectivity index is 1.57. The normalized spacial score (nSPS) is 11.2. The van der Waals surface area contributed by atoms with Crippen LogP contribution in [0.15, 0.2) is 46.6 Å². The van der Waals surface area contributed by atoms with Crippen molar-refractivity contribution in [2.75, 3.05) is 0 Å². The molecule has 0 aliphatic heterocycles. The molecular weight excluding hydrogens is 393 g/mol. The number of halogens is 1. The first-order valence-corrected chi connectivity index (χ1v) is 9.82. The summed E-state index contributed by atoms with van der Waals surface area (Å²) in [4.78, 5) is 29.8. The molecule has 4 rings (SSSR count). The molecule has 29 heavy (non-hydrogen) atoms. The van der Waals surface area contributed by atoms with Gasteiger partial charge in [-0.05, 0) is 51.1 Å². The van der Waals surface area contributed by atoms with E-state index in [0.29, 0.717) is 21.9 Å². The molecule has 1 aromatic carbocycles. The molecular formula is C21H18FN3O3S. The van der Waals surface area contributed by atoms with E-state index in [4.69, 9.17) is 4.74 Å². The largest absolute Gasteiger partial charge is 0.456 e. The minimum absolute atomic E-state index is 0.0955. The third kappa shape index (κ3) is 3.47. The Morgan fingerprint density at radius 2 is 1.86 bits per heavy atom. The molecule has 4 aromatic rings. The molecule has 0 radical (unpaired) electrons. The van der Waals surface area contributed by atoms with Gasteiger partial charge in [0.2, 0.25) is 0 Å². The molecule has 0 spiro atoms. The summed E-state index contributed by atoms with van der Waals surface area (Å²) in [5.41, 5.74) is 3.71. The molecule has 0 saturated carbocycles. The van der Waals surface area contributed by atoms with E-state index in [-0.39, 0.29) is 18.0 Å². The van der Waals surface area contributed by atoms with Crippen molar-refractivity contribution in [1.82, 2.24) is 14.0 Å². The topological polar surface area (TPSA) is 65.6 Å². The third-order valence-electron chi connectivity index (χ3n) is 4.72. The first-order valence-electron chi connectivity index (χ1n) is 8.94. The van der Waals surface area contributed by atoms with Gasteiger partial charge in [-0.2, -0.15) is 0 Å². The van der Waals surface area contributed by atoms with Gasteiger partial charge in [-0.15, -0.1) is 11.3 Å². The zero-order valence-corrected chi connectivity index (χ0v) is 16.9. The predicted octanol–water partition coefficient (Wildman–Crippen LogP) is 3.97. The molecule has 0 fully saturated rings. The van der Waals surface area contributed by atoms with Gasteiger partial charge in [0, 0.05) is 34.2 Å². The van der Waals surface area contributed by atoms with E-state index in [2.05, 4.69) is 4.98 Å². The number of aryl methyl sites for hydroxylation is 2.